The van der Waals surface area contributed by atoms with Gasteiger partial charge in [-0.1, -0.05) is 0 Å². The summed E-state index contributed by atoms with van der Waals surface area (Å²) in [4.78, 5) is 4.15. The minimum Gasteiger partial charge on any atom is -0.366 e. The minimum atomic E-state index is 0.505. The normalized spacial score (nSPS) is 24.3. The third-order valence-corrected chi connectivity index (χ3v) is 4.61. The number of tetrazole rings is 1. The zero-order chi connectivity index (χ0) is 12.4. The first-order chi connectivity index (χ1) is 8.86. The van der Waals surface area contributed by atoms with Crippen molar-refractivity contribution in [1.82, 2.24) is 25.0 Å². The number of rotatable bonds is 3. The zero-order valence-electron chi connectivity index (χ0n) is 10.3. The van der Waals surface area contributed by atoms with Crippen molar-refractivity contribution < 1.29 is 0 Å². The van der Waals surface area contributed by atoms with E-state index in [1.165, 1.54) is 25.7 Å². The zero-order valence-corrected chi connectivity index (χ0v) is 11.1. The number of nitrogens with one attached hydrogen (secondary N) is 1. The predicted molar refractivity (Wildman–Crippen MR) is 71.8 cm³/mol. The molecule has 0 unspecified atom stereocenters. The van der Waals surface area contributed by atoms with Crippen LogP contribution in [0.3, 0.4) is 0 Å². The van der Waals surface area contributed by atoms with Crippen LogP contribution < -0.4 is 5.32 Å². The third kappa shape index (κ3) is 2.27. The Bertz CT molecular complexity index is 519. The van der Waals surface area contributed by atoms with Crippen LogP contribution in [0.25, 0.3) is 5.65 Å². The summed E-state index contributed by atoms with van der Waals surface area (Å²) in [6, 6.07) is 0.505. The molecule has 0 amide bonds. The molecular formula is C11H16N6S. The van der Waals surface area contributed by atoms with E-state index in [0.29, 0.717) is 11.7 Å². The van der Waals surface area contributed by atoms with Gasteiger partial charge in [-0.2, -0.15) is 16.3 Å². The molecule has 1 N–H and O–H groups in total. The van der Waals surface area contributed by atoms with Gasteiger partial charge < -0.3 is 5.32 Å². The van der Waals surface area contributed by atoms with Crippen LogP contribution in [-0.2, 0) is 0 Å². The predicted octanol–water partition coefficient (Wildman–Crippen LogP) is 1.61. The van der Waals surface area contributed by atoms with Crippen LogP contribution in [0.1, 0.15) is 25.7 Å². The Balaban J connectivity index is 1.71. The van der Waals surface area contributed by atoms with Crippen molar-refractivity contribution >= 4 is 23.2 Å². The van der Waals surface area contributed by atoms with Crippen LogP contribution in [-0.4, -0.2) is 42.6 Å². The molecule has 0 radical (unpaired) electrons. The number of hydrogen-bond acceptors (Lipinski definition) is 6. The second-order valence-electron chi connectivity index (χ2n) is 4.60. The monoisotopic (exact) mass is 264 g/mol. The molecule has 0 aliphatic heterocycles. The lowest BCUT2D eigenvalue weighted by molar-refractivity contribution is 0.471. The van der Waals surface area contributed by atoms with Crippen LogP contribution >= 0.6 is 11.8 Å². The van der Waals surface area contributed by atoms with Gasteiger partial charge in [0.25, 0.3) is 0 Å². The van der Waals surface area contributed by atoms with Crippen LogP contribution in [0.2, 0.25) is 0 Å². The summed E-state index contributed by atoms with van der Waals surface area (Å²) in [6.07, 6.45) is 10.6. The molecule has 2 aromatic heterocycles. The van der Waals surface area contributed by atoms with Crippen LogP contribution in [0.5, 0.6) is 0 Å². The standard InChI is InChI=1S/C11H16N6S/c1-18-9-4-2-8(3-5-9)13-10-6-12-7-11-14-15-16-17(10)11/h6-9,13H,2-5H2,1H3. The summed E-state index contributed by atoms with van der Waals surface area (Å²) in [6.45, 7) is 0. The van der Waals surface area contributed by atoms with Crippen LogP contribution in [0, 0.1) is 0 Å². The minimum absolute atomic E-state index is 0.505. The van der Waals surface area contributed by atoms with Crippen molar-refractivity contribution in [3.05, 3.63) is 12.4 Å². The van der Waals surface area contributed by atoms with Gasteiger partial charge in [0.05, 0.1) is 12.4 Å². The Morgan fingerprint density at radius 3 is 2.89 bits per heavy atom. The molecule has 1 saturated carbocycles. The second-order valence-corrected chi connectivity index (χ2v) is 5.73. The molecule has 0 bridgehead atoms. The highest BCUT2D eigenvalue weighted by Gasteiger charge is 2.21. The average Bonchev–Trinajstić information content (AvgIpc) is 2.89. The molecule has 0 spiro atoms. The Morgan fingerprint density at radius 2 is 2.11 bits per heavy atom. The van der Waals surface area contributed by atoms with Gasteiger partial charge in [-0.25, -0.2) is 0 Å². The van der Waals surface area contributed by atoms with Crippen molar-refractivity contribution in [3.8, 4) is 0 Å². The number of thioether (sulfide) groups is 1. The van der Waals surface area contributed by atoms with Crippen molar-refractivity contribution in [1.29, 1.82) is 0 Å². The Morgan fingerprint density at radius 1 is 1.28 bits per heavy atom. The van der Waals surface area contributed by atoms with E-state index in [2.05, 4.69) is 32.1 Å². The molecule has 1 aliphatic rings. The van der Waals surface area contributed by atoms with Gasteiger partial charge in [0.1, 0.15) is 0 Å². The van der Waals surface area contributed by atoms with E-state index < -0.39 is 0 Å². The maximum absolute atomic E-state index is 4.15. The number of anilines is 1. The average molecular weight is 264 g/mol. The Kier molecular flexibility index (Phi) is 3.31. The third-order valence-electron chi connectivity index (χ3n) is 3.47. The van der Waals surface area contributed by atoms with Crippen molar-refractivity contribution in [2.45, 2.75) is 37.0 Å². The van der Waals surface area contributed by atoms with E-state index in [-0.39, 0.29) is 0 Å². The lowest BCUT2D eigenvalue weighted by Gasteiger charge is -2.28. The molecule has 18 heavy (non-hydrogen) atoms. The fourth-order valence-electron chi connectivity index (χ4n) is 2.43. The summed E-state index contributed by atoms with van der Waals surface area (Å²) in [7, 11) is 0. The van der Waals surface area contributed by atoms with Gasteiger partial charge in [-0.15, -0.1) is 5.10 Å². The SMILES string of the molecule is CSC1CCC(Nc2cncc3nnnn23)CC1. The van der Waals surface area contributed by atoms with E-state index in [9.17, 15) is 0 Å². The summed E-state index contributed by atoms with van der Waals surface area (Å²) < 4.78 is 1.70. The first kappa shape index (κ1) is 11.7. The Labute approximate surface area is 110 Å². The van der Waals surface area contributed by atoms with Gasteiger partial charge in [0.15, 0.2) is 11.5 Å². The van der Waals surface area contributed by atoms with Gasteiger partial charge >= 0.3 is 0 Å². The smallest absolute Gasteiger partial charge is 0.199 e. The topological polar surface area (TPSA) is 68.0 Å². The molecule has 7 heteroatoms. The van der Waals surface area contributed by atoms with Crippen molar-refractivity contribution in [3.63, 3.8) is 0 Å². The largest absolute Gasteiger partial charge is 0.366 e. The van der Waals surface area contributed by atoms with Gasteiger partial charge in [-0.3, -0.25) is 4.98 Å². The van der Waals surface area contributed by atoms with Crippen molar-refractivity contribution in [2.75, 3.05) is 11.6 Å². The summed E-state index contributed by atoms with van der Waals surface area (Å²) in [5.41, 5.74) is 0.679. The van der Waals surface area contributed by atoms with Gasteiger partial charge in [0.2, 0.25) is 0 Å². The maximum Gasteiger partial charge on any atom is 0.199 e. The number of aromatic nitrogens is 5. The molecular weight excluding hydrogens is 248 g/mol. The van der Waals surface area contributed by atoms with Crippen LogP contribution in [0.4, 0.5) is 5.82 Å². The fourth-order valence-corrected chi connectivity index (χ4v) is 3.17. The molecule has 3 rings (SSSR count). The summed E-state index contributed by atoms with van der Waals surface area (Å²) in [5.74, 6) is 0.880. The molecule has 6 nitrogen and oxygen atoms in total. The summed E-state index contributed by atoms with van der Waals surface area (Å²) in [5, 5.41) is 15.8. The molecule has 2 aromatic rings. The highest BCUT2D eigenvalue weighted by atomic mass is 32.2. The van der Waals surface area contributed by atoms with E-state index >= 15 is 0 Å². The first-order valence-electron chi connectivity index (χ1n) is 6.18. The van der Waals surface area contributed by atoms with E-state index in [4.69, 9.17) is 0 Å². The molecule has 0 saturated heterocycles. The lowest BCUT2D eigenvalue weighted by atomic mass is 9.95. The maximum atomic E-state index is 4.15. The molecule has 2 heterocycles. The molecule has 0 atom stereocenters. The molecule has 1 fully saturated rings. The van der Waals surface area contributed by atoms with Gasteiger partial charge in [-0.05, 0) is 42.4 Å². The molecule has 96 valence electrons. The number of hydrogen-bond donors (Lipinski definition) is 1. The highest BCUT2D eigenvalue weighted by Crippen LogP contribution is 2.28. The summed E-state index contributed by atoms with van der Waals surface area (Å²) >= 11 is 1.98. The fraction of sp³-hybridized carbons (Fsp3) is 0.636. The van der Waals surface area contributed by atoms with Crippen LogP contribution in [0.15, 0.2) is 12.4 Å². The quantitative estimate of drug-likeness (QED) is 0.908. The highest BCUT2D eigenvalue weighted by molar-refractivity contribution is 7.99. The second kappa shape index (κ2) is 5.09. The van der Waals surface area contributed by atoms with Gasteiger partial charge in [0, 0.05) is 11.3 Å². The molecule has 1 aliphatic carbocycles. The van der Waals surface area contributed by atoms with E-state index in [1.54, 1.807) is 16.9 Å². The van der Waals surface area contributed by atoms with Crippen molar-refractivity contribution in [2.24, 2.45) is 0 Å². The molecule has 0 aromatic carbocycles. The number of fused-ring (bicyclic) bond motifs is 1. The van der Waals surface area contributed by atoms with E-state index in [0.717, 1.165) is 11.1 Å². The first-order valence-corrected chi connectivity index (χ1v) is 7.47. The Hall–Kier alpha value is -1.37. The lowest BCUT2D eigenvalue weighted by Crippen LogP contribution is -2.28. The number of nitrogens with zero attached hydrogens (tertiary/aromatic N) is 5. The van der Waals surface area contributed by atoms with E-state index in [1.807, 2.05) is 11.8 Å².